The molecule has 2 aromatic rings. The van der Waals surface area contributed by atoms with Gasteiger partial charge in [0.1, 0.15) is 5.60 Å². The lowest BCUT2D eigenvalue weighted by atomic mass is 9.62. The third kappa shape index (κ3) is 3.00. The van der Waals surface area contributed by atoms with Crippen molar-refractivity contribution in [3.63, 3.8) is 0 Å². The molecule has 1 aliphatic heterocycles. The van der Waals surface area contributed by atoms with Gasteiger partial charge in [0, 0.05) is 30.4 Å². The van der Waals surface area contributed by atoms with Gasteiger partial charge in [-0.05, 0) is 48.2 Å². The molecule has 3 heteroatoms. The fraction of sp³-hybridized carbons (Fsp3) is 0.500. The molecular formula is C22H30N2O. The van der Waals surface area contributed by atoms with Crippen LogP contribution in [0.15, 0.2) is 42.6 Å². The number of nitrogens with zero attached hydrogens (tertiary/aromatic N) is 2. The Bertz CT molecular complexity index is 732. The lowest BCUT2D eigenvalue weighted by Gasteiger charge is -2.56. The molecule has 3 nitrogen and oxygen atoms in total. The fourth-order valence-electron chi connectivity index (χ4n) is 4.24. The Labute approximate surface area is 151 Å². The van der Waals surface area contributed by atoms with Crippen molar-refractivity contribution >= 4 is 0 Å². The van der Waals surface area contributed by atoms with E-state index in [1.807, 2.05) is 12.3 Å². The quantitative estimate of drug-likeness (QED) is 0.896. The van der Waals surface area contributed by atoms with Gasteiger partial charge in [-0.1, -0.05) is 52.0 Å². The Kier molecular flexibility index (Phi) is 4.74. The molecule has 0 amide bonds. The zero-order valence-corrected chi connectivity index (χ0v) is 16.1. The molecular weight excluding hydrogens is 308 g/mol. The lowest BCUT2D eigenvalue weighted by molar-refractivity contribution is -0.127. The largest absolute Gasteiger partial charge is 0.380 e. The van der Waals surface area contributed by atoms with E-state index >= 15 is 0 Å². The molecule has 2 heterocycles. The number of aromatic nitrogens is 1. The van der Waals surface area contributed by atoms with Gasteiger partial charge in [-0.15, -0.1) is 0 Å². The molecule has 1 aromatic carbocycles. The van der Waals surface area contributed by atoms with Crippen LogP contribution in [-0.2, 0) is 12.0 Å². The van der Waals surface area contributed by atoms with E-state index in [0.717, 1.165) is 36.3 Å². The van der Waals surface area contributed by atoms with Crippen LogP contribution in [0.4, 0.5) is 0 Å². The summed E-state index contributed by atoms with van der Waals surface area (Å²) < 4.78 is 0. The van der Waals surface area contributed by atoms with Gasteiger partial charge in [-0.2, -0.15) is 0 Å². The molecule has 1 N–H and O–H groups in total. The molecule has 0 bridgehead atoms. The van der Waals surface area contributed by atoms with E-state index in [1.165, 1.54) is 5.56 Å². The first-order chi connectivity index (χ1) is 11.8. The van der Waals surface area contributed by atoms with Crippen molar-refractivity contribution in [2.45, 2.75) is 45.6 Å². The maximum absolute atomic E-state index is 12.0. The van der Waals surface area contributed by atoms with Crippen LogP contribution in [-0.4, -0.2) is 35.1 Å². The SMILES string of the molecule is CCc1cc([C@@](O)(c2ccc(C(C)C)cc2)C2(C)CN(C)C2)ccn1. The number of benzene rings is 1. The van der Waals surface area contributed by atoms with Crippen molar-refractivity contribution in [1.82, 2.24) is 9.88 Å². The van der Waals surface area contributed by atoms with Gasteiger partial charge >= 0.3 is 0 Å². The number of aryl methyl sites for hydroxylation is 1. The highest BCUT2D eigenvalue weighted by Crippen LogP contribution is 2.50. The molecule has 25 heavy (non-hydrogen) atoms. The van der Waals surface area contributed by atoms with Crippen LogP contribution in [0, 0.1) is 5.41 Å². The van der Waals surface area contributed by atoms with Crippen LogP contribution in [0.1, 0.15) is 56.0 Å². The van der Waals surface area contributed by atoms with E-state index < -0.39 is 5.60 Å². The molecule has 134 valence electrons. The molecule has 1 aliphatic rings. The maximum atomic E-state index is 12.0. The number of pyridine rings is 1. The van der Waals surface area contributed by atoms with E-state index in [-0.39, 0.29) is 5.41 Å². The Morgan fingerprint density at radius 1 is 1.16 bits per heavy atom. The first-order valence-corrected chi connectivity index (χ1v) is 9.27. The minimum absolute atomic E-state index is 0.215. The van der Waals surface area contributed by atoms with Crippen LogP contribution >= 0.6 is 0 Å². The van der Waals surface area contributed by atoms with Crippen molar-refractivity contribution < 1.29 is 5.11 Å². The summed E-state index contributed by atoms with van der Waals surface area (Å²) in [5.74, 6) is 0.486. The van der Waals surface area contributed by atoms with E-state index in [9.17, 15) is 5.11 Å². The smallest absolute Gasteiger partial charge is 0.122 e. The predicted octanol–water partition coefficient (Wildman–Crippen LogP) is 3.96. The summed E-state index contributed by atoms with van der Waals surface area (Å²) in [6.45, 7) is 10.4. The van der Waals surface area contributed by atoms with Gasteiger partial charge in [-0.25, -0.2) is 0 Å². The molecule has 0 unspecified atom stereocenters. The van der Waals surface area contributed by atoms with Crippen molar-refractivity contribution in [2.24, 2.45) is 5.41 Å². The highest BCUT2D eigenvalue weighted by molar-refractivity contribution is 5.42. The third-order valence-electron chi connectivity index (χ3n) is 5.70. The van der Waals surface area contributed by atoms with Gasteiger partial charge in [-0.3, -0.25) is 4.98 Å². The molecule has 0 aliphatic carbocycles. The van der Waals surface area contributed by atoms with E-state index in [4.69, 9.17) is 0 Å². The monoisotopic (exact) mass is 338 g/mol. The Hall–Kier alpha value is -1.71. The first kappa shape index (κ1) is 18.1. The topological polar surface area (TPSA) is 36.4 Å². The zero-order chi connectivity index (χ0) is 18.2. The fourth-order valence-corrected chi connectivity index (χ4v) is 4.24. The van der Waals surface area contributed by atoms with Crippen LogP contribution < -0.4 is 0 Å². The highest BCUT2D eigenvalue weighted by Gasteiger charge is 2.55. The molecule has 1 aromatic heterocycles. The van der Waals surface area contributed by atoms with Crippen LogP contribution in [0.3, 0.4) is 0 Å². The summed E-state index contributed by atoms with van der Waals surface area (Å²) in [5, 5.41) is 12.0. The second kappa shape index (κ2) is 6.54. The summed E-state index contributed by atoms with van der Waals surface area (Å²) in [4.78, 5) is 6.68. The second-order valence-corrected chi connectivity index (χ2v) is 8.11. The van der Waals surface area contributed by atoms with Crippen LogP contribution in [0.5, 0.6) is 0 Å². The van der Waals surface area contributed by atoms with Crippen LogP contribution in [0.2, 0.25) is 0 Å². The summed E-state index contributed by atoms with van der Waals surface area (Å²) in [6, 6.07) is 12.5. The normalized spacial score (nSPS) is 19.5. The standard InChI is InChI=1S/C22H30N2O/c1-6-20-13-19(11-12-23-20)22(25,21(4)14-24(5)15-21)18-9-7-17(8-10-18)16(2)3/h7-13,16,25H,6,14-15H2,1-5H3/t22-/m0/s1. The lowest BCUT2D eigenvalue weighted by Crippen LogP contribution is -2.63. The molecule has 1 fully saturated rings. The second-order valence-electron chi connectivity index (χ2n) is 8.11. The number of hydrogen-bond acceptors (Lipinski definition) is 3. The summed E-state index contributed by atoms with van der Waals surface area (Å²) >= 11 is 0. The van der Waals surface area contributed by atoms with Crippen molar-refractivity contribution in [3.05, 3.63) is 65.0 Å². The minimum atomic E-state index is -1.01. The molecule has 0 radical (unpaired) electrons. The molecule has 1 saturated heterocycles. The van der Waals surface area contributed by atoms with Gasteiger partial charge in [0.25, 0.3) is 0 Å². The molecule has 3 rings (SSSR count). The van der Waals surface area contributed by atoms with Gasteiger partial charge < -0.3 is 10.0 Å². The summed E-state index contributed by atoms with van der Waals surface area (Å²) in [7, 11) is 2.11. The van der Waals surface area contributed by atoms with E-state index in [0.29, 0.717) is 5.92 Å². The highest BCUT2D eigenvalue weighted by atomic mass is 16.3. The third-order valence-corrected chi connectivity index (χ3v) is 5.70. The number of aliphatic hydroxyl groups is 1. The Balaban J connectivity index is 2.12. The van der Waals surface area contributed by atoms with Crippen molar-refractivity contribution in [3.8, 4) is 0 Å². The van der Waals surface area contributed by atoms with Crippen molar-refractivity contribution in [2.75, 3.05) is 20.1 Å². The van der Waals surface area contributed by atoms with E-state index in [1.54, 1.807) is 0 Å². The number of hydrogen-bond donors (Lipinski definition) is 1. The van der Waals surface area contributed by atoms with Gasteiger partial charge in [0.2, 0.25) is 0 Å². The van der Waals surface area contributed by atoms with Crippen LogP contribution in [0.25, 0.3) is 0 Å². The summed E-state index contributed by atoms with van der Waals surface area (Å²) in [5.41, 5.74) is 3.01. The summed E-state index contributed by atoms with van der Waals surface area (Å²) in [6.07, 6.45) is 2.69. The average Bonchev–Trinajstić information content (AvgIpc) is 2.59. The molecule has 1 atom stereocenters. The molecule has 0 saturated carbocycles. The Morgan fingerprint density at radius 2 is 1.80 bits per heavy atom. The van der Waals surface area contributed by atoms with E-state index in [2.05, 4.69) is 75.0 Å². The number of rotatable bonds is 5. The Morgan fingerprint density at radius 3 is 2.32 bits per heavy atom. The van der Waals surface area contributed by atoms with Gasteiger partial charge in [0.05, 0.1) is 0 Å². The van der Waals surface area contributed by atoms with Gasteiger partial charge in [0.15, 0.2) is 0 Å². The molecule has 0 spiro atoms. The number of likely N-dealkylation sites (tertiary alicyclic amines) is 1. The maximum Gasteiger partial charge on any atom is 0.122 e. The average molecular weight is 338 g/mol. The zero-order valence-electron chi connectivity index (χ0n) is 16.1. The van der Waals surface area contributed by atoms with Crippen molar-refractivity contribution in [1.29, 1.82) is 0 Å². The minimum Gasteiger partial charge on any atom is -0.380 e. The predicted molar refractivity (Wildman–Crippen MR) is 103 cm³/mol. The first-order valence-electron chi connectivity index (χ1n) is 9.27.